The first-order chi connectivity index (χ1) is 7.97. The molecule has 1 aromatic carbocycles. The van der Waals surface area contributed by atoms with Gasteiger partial charge in [0.05, 0.1) is 5.69 Å². The zero-order chi connectivity index (χ0) is 12.6. The minimum Gasteiger partial charge on any atom is -0.343 e. The predicted molar refractivity (Wildman–Crippen MR) is 69.0 cm³/mol. The van der Waals surface area contributed by atoms with Crippen LogP contribution < -0.4 is 0 Å². The highest BCUT2D eigenvalue weighted by Gasteiger charge is 2.10. The molecule has 0 atom stereocenters. The summed E-state index contributed by atoms with van der Waals surface area (Å²) in [5.41, 5.74) is 3.04. The molecular formula is C13H13FN2S. The Kier molecular flexibility index (Phi) is 3.07. The van der Waals surface area contributed by atoms with Gasteiger partial charge in [-0.1, -0.05) is 18.3 Å². The van der Waals surface area contributed by atoms with Crippen LogP contribution in [0.5, 0.6) is 0 Å². The molecule has 0 amide bonds. The minimum absolute atomic E-state index is 0.237. The number of aromatic nitrogens is 2. The van der Waals surface area contributed by atoms with Crippen LogP contribution in [0.2, 0.25) is 0 Å². The molecule has 0 unspecified atom stereocenters. The van der Waals surface area contributed by atoms with Crippen molar-refractivity contribution in [1.82, 2.24) is 9.97 Å². The average molecular weight is 248 g/mol. The first kappa shape index (κ1) is 11.9. The first-order valence-electron chi connectivity index (χ1n) is 5.32. The number of hydrogen-bond donors (Lipinski definition) is 1. The van der Waals surface area contributed by atoms with E-state index in [0.717, 1.165) is 11.1 Å². The van der Waals surface area contributed by atoms with Gasteiger partial charge in [-0.3, -0.25) is 0 Å². The van der Waals surface area contributed by atoms with Crippen molar-refractivity contribution in [2.24, 2.45) is 0 Å². The summed E-state index contributed by atoms with van der Waals surface area (Å²) in [4.78, 5) is 7.12. The third-order valence-corrected chi connectivity index (χ3v) is 2.77. The molecule has 88 valence electrons. The lowest BCUT2D eigenvalue weighted by atomic mass is 10.0. The molecule has 1 heterocycles. The summed E-state index contributed by atoms with van der Waals surface area (Å²) in [6.45, 7) is 5.57. The number of halogens is 1. The van der Waals surface area contributed by atoms with E-state index in [1.54, 1.807) is 13.0 Å². The maximum absolute atomic E-state index is 14.0. The van der Waals surface area contributed by atoms with Crippen LogP contribution in [0, 0.1) is 31.2 Å². The predicted octanol–water partition coefficient (Wildman–Crippen LogP) is 3.87. The number of aryl methyl sites for hydroxylation is 3. The standard InChI is InChI=1S/C13H13FN2S/c1-7-4-8(2)13(10(14)5-7)11-6-12(17)16-9(3)15-11/h4-6H,1-3H3,(H,15,16,17). The Balaban J connectivity index is 2.72. The fourth-order valence-corrected chi connectivity index (χ4v) is 2.23. The van der Waals surface area contributed by atoms with E-state index in [9.17, 15) is 4.39 Å². The Morgan fingerprint density at radius 3 is 2.47 bits per heavy atom. The lowest BCUT2D eigenvalue weighted by molar-refractivity contribution is 0.628. The van der Waals surface area contributed by atoms with E-state index in [1.807, 2.05) is 19.9 Å². The van der Waals surface area contributed by atoms with E-state index < -0.39 is 0 Å². The summed E-state index contributed by atoms with van der Waals surface area (Å²) < 4.78 is 14.5. The Bertz CT molecular complexity index is 609. The number of nitrogens with one attached hydrogen (secondary N) is 1. The van der Waals surface area contributed by atoms with Crippen LogP contribution in [0.15, 0.2) is 18.2 Å². The van der Waals surface area contributed by atoms with Gasteiger partial charge in [0.15, 0.2) is 0 Å². The van der Waals surface area contributed by atoms with E-state index in [1.165, 1.54) is 6.07 Å². The number of rotatable bonds is 1. The van der Waals surface area contributed by atoms with E-state index in [-0.39, 0.29) is 5.82 Å². The van der Waals surface area contributed by atoms with Crippen LogP contribution in [-0.2, 0) is 0 Å². The molecule has 17 heavy (non-hydrogen) atoms. The van der Waals surface area contributed by atoms with Gasteiger partial charge in [-0.15, -0.1) is 0 Å². The minimum atomic E-state index is -0.237. The summed E-state index contributed by atoms with van der Waals surface area (Å²) in [7, 11) is 0. The maximum atomic E-state index is 14.0. The van der Waals surface area contributed by atoms with Gasteiger partial charge in [-0.05, 0) is 44.0 Å². The van der Waals surface area contributed by atoms with Gasteiger partial charge in [0, 0.05) is 5.56 Å². The molecule has 0 spiro atoms. The number of H-pyrrole nitrogens is 1. The second-order valence-corrected chi connectivity index (χ2v) is 4.58. The molecule has 1 aromatic heterocycles. The van der Waals surface area contributed by atoms with Gasteiger partial charge >= 0.3 is 0 Å². The third kappa shape index (κ3) is 2.42. The molecule has 0 bridgehead atoms. The Labute approximate surface area is 105 Å². The molecule has 2 nitrogen and oxygen atoms in total. The molecule has 0 aliphatic carbocycles. The highest BCUT2D eigenvalue weighted by molar-refractivity contribution is 7.71. The zero-order valence-corrected chi connectivity index (χ0v) is 10.8. The smallest absolute Gasteiger partial charge is 0.133 e. The molecule has 0 aliphatic rings. The summed E-state index contributed by atoms with van der Waals surface area (Å²) in [5.74, 6) is 0.450. The van der Waals surface area contributed by atoms with E-state index in [0.29, 0.717) is 21.7 Å². The monoisotopic (exact) mass is 248 g/mol. The van der Waals surface area contributed by atoms with Crippen molar-refractivity contribution in [2.75, 3.05) is 0 Å². The van der Waals surface area contributed by atoms with E-state index >= 15 is 0 Å². The third-order valence-electron chi connectivity index (χ3n) is 2.56. The SMILES string of the molecule is Cc1cc(C)c(-c2cc(=S)nc(C)[nH]2)c(F)c1. The van der Waals surface area contributed by atoms with Crippen LogP contribution >= 0.6 is 12.2 Å². The summed E-state index contributed by atoms with van der Waals surface area (Å²) in [5, 5.41) is 0. The lowest BCUT2D eigenvalue weighted by Crippen LogP contribution is -1.96. The Hall–Kier alpha value is -1.55. The quantitative estimate of drug-likeness (QED) is 0.776. The summed E-state index contributed by atoms with van der Waals surface area (Å²) in [6.07, 6.45) is 0. The van der Waals surface area contributed by atoms with Gasteiger partial charge in [-0.25, -0.2) is 9.37 Å². The second-order valence-electron chi connectivity index (χ2n) is 4.16. The van der Waals surface area contributed by atoms with Crippen LogP contribution in [0.25, 0.3) is 11.3 Å². The number of hydrogen-bond acceptors (Lipinski definition) is 2. The average Bonchev–Trinajstić information content (AvgIpc) is 2.13. The molecule has 0 saturated heterocycles. The normalized spacial score (nSPS) is 10.6. The molecule has 0 saturated carbocycles. The van der Waals surface area contributed by atoms with Crippen molar-refractivity contribution >= 4 is 12.2 Å². The van der Waals surface area contributed by atoms with Gasteiger partial charge in [0.2, 0.25) is 0 Å². The van der Waals surface area contributed by atoms with Crippen LogP contribution in [0.4, 0.5) is 4.39 Å². The molecule has 2 aromatic rings. The number of benzene rings is 1. The largest absolute Gasteiger partial charge is 0.343 e. The van der Waals surface area contributed by atoms with Crippen molar-refractivity contribution in [2.45, 2.75) is 20.8 Å². The van der Waals surface area contributed by atoms with Gasteiger partial charge < -0.3 is 4.98 Å². The first-order valence-corrected chi connectivity index (χ1v) is 5.73. The zero-order valence-electron chi connectivity index (χ0n) is 9.97. The van der Waals surface area contributed by atoms with Crippen LogP contribution in [0.1, 0.15) is 17.0 Å². The number of nitrogens with zero attached hydrogens (tertiary/aromatic N) is 1. The van der Waals surface area contributed by atoms with Crippen molar-refractivity contribution in [3.05, 3.63) is 45.6 Å². The van der Waals surface area contributed by atoms with Crippen molar-refractivity contribution < 1.29 is 4.39 Å². The van der Waals surface area contributed by atoms with Gasteiger partial charge in [0.25, 0.3) is 0 Å². The Morgan fingerprint density at radius 2 is 1.88 bits per heavy atom. The fourth-order valence-electron chi connectivity index (χ4n) is 1.97. The van der Waals surface area contributed by atoms with Gasteiger partial charge in [-0.2, -0.15) is 0 Å². The van der Waals surface area contributed by atoms with Gasteiger partial charge in [0.1, 0.15) is 16.3 Å². The maximum Gasteiger partial charge on any atom is 0.133 e. The molecule has 0 aliphatic heterocycles. The van der Waals surface area contributed by atoms with Crippen molar-refractivity contribution in [3.8, 4) is 11.3 Å². The molecule has 2 rings (SSSR count). The van der Waals surface area contributed by atoms with Crippen molar-refractivity contribution in [1.29, 1.82) is 0 Å². The molecular weight excluding hydrogens is 235 g/mol. The highest BCUT2D eigenvalue weighted by atomic mass is 32.1. The fraction of sp³-hybridized carbons (Fsp3) is 0.231. The molecule has 1 N–H and O–H groups in total. The molecule has 4 heteroatoms. The van der Waals surface area contributed by atoms with E-state index in [2.05, 4.69) is 9.97 Å². The Morgan fingerprint density at radius 1 is 1.18 bits per heavy atom. The lowest BCUT2D eigenvalue weighted by Gasteiger charge is -2.09. The van der Waals surface area contributed by atoms with E-state index in [4.69, 9.17) is 12.2 Å². The van der Waals surface area contributed by atoms with Crippen LogP contribution in [0.3, 0.4) is 0 Å². The summed E-state index contributed by atoms with van der Waals surface area (Å²) in [6, 6.07) is 5.16. The molecule has 0 fully saturated rings. The second kappa shape index (κ2) is 4.37. The molecule has 0 radical (unpaired) electrons. The van der Waals surface area contributed by atoms with Crippen LogP contribution in [-0.4, -0.2) is 9.97 Å². The number of aromatic amines is 1. The van der Waals surface area contributed by atoms with Crippen molar-refractivity contribution in [3.63, 3.8) is 0 Å². The summed E-state index contributed by atoms with van der Waals surface area (Å²) >= 11 is 5.05. The highest BCUT2D eigenvalue weighted by Crippen LogP contribution is 2.26. The topological polar surface area (TPSA) is 28.7 Å².